The fourth-order valence-corrected chi connectivity index (χ4v) is 6.01. The van der Waals surface area contributed by atoms with Crippen molar-refractivity contribution >= 4 is 73.6 Å². The van der Waals surface area contributed by atoms with E-state index in [-0.39, 0.29) is 11.6 Å². The van der Waals surface area contributed by atoms with Gasteiger partial charge in [0.15, 0.2) is 5.13 Å². The van der Waals surface area contributed by atoms with Crippen molar-refractivity contribution in [2.75, 3.05) is 29.6 Å². The number of anilines is 3. The van der Waals surface area contributed by atoms with E-state index in [1.165, 1.54) is 23.1 Å². The Balaban J connectivity index is 1.29. The van der Waals surface area contributed by atoms with Gasteiger partial charge in [-0.3, -0.25) is 14.4 Å². The van der Waals surface area contributed by atoms with Crippen LogP contribution >= 0.6 is 23.1 Å². The van der Waals surface area contributed by atoms with Crippen LogP contribution in [0.15, 0.2) is 114 Å². The van der Waals surface area contributed by atoms with E-state index in [0.717, 1.165) is 26.4 Å². The fraction of sp³-hybridized carbons (Fsp3) is 0.118. The first-order valence-electron chi connectivity index (χ1n) is 13.8. The molecular formula is C34H31N5O3S2. The van der Waals surface area contributed by atoms with Gasteiger partial charge in [-0.2, -0.15) is 0 Å². The van der Waals surface area contributed by atoms with Crippen LogP contribution in [0, 0.1) is 0 Å². The van der Waals surface area contributed by atoms with Crippen molar-refractivity contribution < 1.29 is 14.4 Å². The van der Waals surface area contributed by atoms with Crippen LogP contribution in [0.4, 0.5) is 16.5 Å². The number of amides is 3. The average Bonchev–Trinajstić information content (AvgIpc) is 3.44. The molecule has 10 heteroatoms. The van der Waals surface area contributed by atoms with Crippen LogP contribution in [0.25, 0.3) is 16.3 Å². The molecule has 0 saturated carbocycles. The quantitative estimate of drug-likeness (QED) is 0.116. The second-order valence-corrected chi connectivity index (χ2v) is 12.5. The Bertz CT molecular complexity index is 1790. The molecule has 0 fully saturated rings. The normalized spacial score (nSPS) is 11.9. The molecule has 1 unspecified atom stereocenters. The van der Waals surface area contributed by atoms with Crippen LogP contribution in [-0.2, 0) is 9.59 Å². The lowest BCUT2D eigenvalue weighted by atomic mass is 10.1. The molecule has 0 radical (unpaired) electrons. The van der Waals surface area contributed by atoms with E-state index in [1.807, 2.05) is 92.6 Å². The molecule has 1 aromatic heterocycles. The first-order valence-corrected chi connectivity index (χ1v) is 15.5. The minimum Gasteiger partial charge on any atom is -0.378 e. The number of hydrogen-bond donors (Lipinski definition) is 3. The summed E-state index contributed by atoms with van der Waals surface area (Å²) in [5, 5.41) is 8.71. The van der Waals surface area contributed by atoms with E-state index in [0.29, 0.717) is 16.4 Å². The molecule has 222 valence electrons. The molecule has 0 aliphatic carbocycles. The van der Waals surface area contributed by atoms with Gasteiger partial charge in [-0.25, -0.2) is 4.98 Å². The van der Waals surface area contributed by atoms with Gasteiger partial charge in [-0.15, -0.1) is 11.8 Å². The predicted octanol–water partition coefficient (Wildman–Crippen LogP) is 6.89. The average molecular weight is 622 g/mol. The summed E-state index contributed by atoms with van der Waals surface area (Å²) < 4.78 is 1.01. The number of benzene rings is 4. The number of carbonyl (C=O) groups is 3. The first kappa shape index (κ1) is 30.5. The Morgan fingerprint density at radius 2 is 1.59 bits per heavy atom. The lowest BCUT2D eigenvalue weighted by molar-refractivity contribution is -0.115. The molecule has 1 heterocycles. The second-order valence-electron chi connectivity index (χ2n) is 10.1. The van der Waals surface area contributed by atoms with Crippen molar-refractivity contribution in [3.8, 4) is 0 Å². The number of nitrogens with zero attached hydrogens (tertiary/aromatic N) is 2. The Morgan fingerprint density at radius 1 is 0.864 bits per heavy atom. The third-order valence-electron chi connectivity index (χ3n) is 6.55. The van der Waals surface area contributed by atoms with Crippen molar-refractivity contribution in [2.45, 2.75) is 17.1 Å². The van der Waals surface area contributed by atoms with Crippen molar-refractivity contribution in [1.29, 1.82) is 0 Å². The van der Waals surface area contributed by atoms with E-state index in [1.54, 1.807) is 42.5 Å². The molecule has 3 amide bonds. The standard InChI is InChI=1S/C34H31N5O3S2/c1-22(31(40)38-34-37-28-14-7-8-15-30(28)44-34)43-27-13-9-12-25(21-27)35-33(42)29(36-32(41)24-10-5-4-6-11-24)20-23-16-18-26(19-17-23)39(2)3/h4-22H,1-3H3,(H,35,42)(H,36,41)(H,37,38,40)/b29-20+. The highest BCUT2D eigenvalue weighted by Gasteiger charge is 2.18. The third-order valence-corrected chi connectivity index (χ3v) is 8.59. The number of fused-ring (bicyclic) bond motifs is 1. The van der Waals surface area contributed by atoms with Crippen molar-refractivity contribution in [1.82, 2.24) is 10.3 Å². The largest absolute Gasteiger partial charge is 0.378 e. The molecule has 8 nitrogen and oxygen atoms in total. The molecule has 4 aromatic carbocycles. The van der Waals surface area contributed by atoms with E-state index in [2.05, 4.69) is 20.9 Å². The van der Waals surface area contributed by atoms with Gasteiger partial charge in [-0.05, 0) is 73.2 Å². The van der Waals surface area contributed by atoms with Gasteiger partial charge < -0.3 is 20.9 Å². The molecule has 1 atom stereocenters. The van der Waals surface area contributed by atoms with Gasteiger partial charge in [0.25, 0.3) is 11.8 Å². The van der Waals surface area contributed by atoms with Gasteiger partial charge in [-0.1, -0.05) is 59.9 Å². The monoisotopic (exact) mass is 621 g/mol. The minimum atomic E-state index is -0.477. The molecule has 0 saturated heterocycles. The minimum absolute atomic E-state index is 0.0955. The zero-order chi connectivity index (χ0) is 31.1. The SMILES string of the molecule is CC(Sc1cccc(NC(=O)/C(=C\c2ccc(N(C)C)cc2)NC(=O)c2ccccc2)c1)C(=O)Nc1nc2ccccc2s1. The van der Waals surface area contributed by atoms with Crippen LogP contribution in [0.5, 0.6) is 0 Å². The lowest BCUT2D eigenvalue weighted by Gasteiger charge is -2.14. The summed E-state index contributed by atoms with van der Waals surface area (Å²) in [6.45, 7) is 1.82. The van der Waals surface area contributed by atoms with Crippen molar-refractivity contribution in [3.05, 3.63) is 120 Å². The summed E-state index contributed by atoms with van der Waals surface area (Å²) >= 11 is 2.80. The molecule has 0 aliphatic heterocycles. The molecular weight excluding hydrogens is 591 g/mol. The Morgan fingerprint density at radius 3 is 2.32 bits per heavy atom. The summed E-state index contributed by atoms with van der Waals surface area (Å²) in [7, 11) is 3.90. The van der Waals surface area contributed by atoms with Crippen LogP contribution in [0.3, 0.4) is 0 Å². The maximum atomic E-state index is 13.5. The van der Waals surface area contributed by atoms with E-state index < -0.39 is 17.1 Å². The topological polar surface area (TPSA) is 103 Å². The second kappa shape index (κ2) is 14.0. The van der Waals surface area contributed by atoms with E-state index in [9.17, 15) is 14.4 Å². The number of thioether (sulfide) groups is 1. The maximum Gasteiger partial charge on any atom is 0.272 e. The summed E-state index contributed by atoms with van der Waals surface area (Å²) in [5.41, 5.74) is 3.67. The zero-order valence-corrected chi connectivity index (χ0v) is 26.0. The summed E-state index contributed by atoms with van der Waals surface area (Å²) in [6, 6.07) is 31.3. The van der Waals surface area contributed by atoms with Crippen LogP contribution in [0.1, 0.15) is 22.8 Å². The maximum absolute atomic E-state index is 13.5. The van der Waals surface area contributed by atoms with Crippen molar-refractivity contribution in [2.24, 2.45) is 0 Å². The molecule has 44 heavy (non-hydrogen) atoms. The van der Waals surface area contributed by atoms with Crippen LogP contribution < -0.4 is 20.9 Å². The summed E-state index contributed by atoms with van der Waals surface area (Å²) in [4.78, 5) is 46.7. The number of nitrogens with one attached hydrogen (secondary N) is 3. The number of thiazole rings is 1. The van der Waals surface area contributed by atoms with E-state index in [4.69, 9.17) is 0 Å². The summed E-state index contributed by atoms with van der Waals surface area (Å²) in [5.74, 6) is -1.04. The van der Waals surface area contributed by atoms with Crippen molar-refractivity contribution in [3.63, 3.8) is 0 Å². The third kappa shape index (κ3) is 7.91. The highest BCUT2D eigenvalue weighted by Crippen LogP contribution is 2.29. The molecule has 0 bridgehead atoms. The van der Waals surface area contributed by atoms with Gasteiger partial charge in [0, 0.05) is 35.9 Å². The van der Waals surface area contributed by atoms with Gasteiger partial charge >= 0.3 is 0 Å². The lowest BCUT2D eigenvalue weighted by Crippen LogP contribution is -2.30. The fourth-order valence-electron chi connectivity index (χ4n) is 4.21. The first-order chi connectivity index (χ1) is 21.2. The number of rotatable bonds is 10. The van der Waals surface area contributed by atoms with Crippen LogP contribution in [0.2, 0.25) is 0 Å². The number of hydrogen-bond acceptors (Lipinski definition) is 7. The molecule has 3 N–H and O–H groups in total. The predicted molar refractivity (Wildman–Crippen MR) is 181 cm³/mol. The van der Waals surface area contributed by atoms with Crippen LogP contribution in [-0.4, -0.2) is 42.1 Å². The van der Waals surface area contributed by atoms with E-state index >= 15 is 0 Å². The summed E-state index contributed by atoms with van der Waals surface area (Å²) in [6.07, 6.45) is 1.64. The molecule has 0 spiro atoms. The van der Waals surface area contributed by atoms with Gasteiger partial charge in [0.2, 0.25) is 5.91 Å². The Labute approximate surface area is 264 Å². The highest BCUT2D eigenvalue weighted by atomic mass is 32.2. The number of para-hydroxylation sites is 1. The van der Waals surface area contributed by atoms with Gasteiger partial charge in [0.05, 0.1) is 15.5 Å². The Kier molecular flexibility index (Phi) is 9.73. The molecule has 5 aromatic rings. The Hall–Kier alpha value is -4.93. The number of aromatic nitrogens is 1. The van der Waals surface area contributed by atoms with Gasteiger partial charge in [0.1, 0.15) is 5.70 Å². The molecule has 5 rings (SSSR count). The molecule has 0 aliphatic rings. The zero-order valence-electron chi connectivity index (χ0n) is 24.4. The number of carbonyl (C=O) groups excluding carboxylic acids is 3. The highest BCUT2D eigenvalue weighted by molar-refractivity contribution is 8.00. The smallest absolute Gasteiger partial charge is 0.272 e.